The van der Waals surface area contributed by atoms with Gasteiger partial charge in [0.15, 0.2) is 0 Å². The molecule has 1 amide bonds. The maximum Gasteiger partial charge on any atom is 0.249 e. The third-order valence-electron chi connectivity index (χ3n) is 6.58. The summed E-state index contributed by atoms with van der Waals surface area (Å²) in [5.41, 5.74) is 0. The summed E-state index contributed by atoms with van der Waals surface area (Å²) < 4.78 is 0. The molecule has 206 valence electrons. The van der Waals surface area contributed by atoms with Crippen LogP contribution in [-0.4, -0.2) is 46.1 Å². The topological polar surface area (TPSA) is 89.8 Å². The number of nitrogens with one attached hydrogen (secondary N) is 1. The van der Waals surface area contributed by atoms with Crippen molar-refractivity contribution >= 4 is 5.91 Å². The number of rotatable bonds is 25. The molecule has 35 heavy (non-hydrogen) atoms. The molecule has 0 bridgehead atoms. The summed E-state index contributed by atoms with van der Waals surface area (Å²) in [4.78, 5) is 12.2. The summed E-state index contributed by atoms with van der Waals surface area (Å²) in [6.45, 7) is 4.12. The van der Waals surface area contributed by atoms with Gasteiger partial charge in [-0.2, -0.15) is 0 Å². The largest absolute Gasteiger partial charge is 0.394 e. The Morgan fingerprint density at radius 3 is 1.80 bits per heavy atom. The van der Waals surface area contributed by atoms with E-state index in [1.807, 2.05) is 12.2 Å². The summed E-state index contributed by atoms with van der Waals surface area (Å²) in [6, 6.07) is -0.736. The Labute approximate surface area is 216 Å². The number of hydrogen-bond donors (Lipinski definition) is 4. The Morgan fingerprint density at radius 1 is 0.714 bits per heavy atom. The number of hydrogen-bond acceptors (Lipinski definition) is 4. The molecule has 0 spiro atoms. The standard InChI is InChI=1S/C30H57NO4/c1-3-5-7-9-11-13-14-15-17-19-21-23-25-29(34)30(35)31-27(26-32)28(33)24-22-20-18-16-12-10-8-6-4-2/h15,17,21,23,27-29,32-34H,3-14,16,18-20,22,24-26H2,1-2H3,(H,31,35)/b17-15-,23-21-. The fourth-order valence-corrected chi connectivity index (χ4v) is 4.17. The summed E-state index contributed by atoms with van der Waals surface area (Å²) in [6.07, 6.45) is 27.4. The van der Waals surface area contributed by atoms with Gasteiger partial charge in [-0.25, -0.2) is 0 Å². The van der Waals surface area contributed by atoms with E-state index in [1.54, 1.807) is 0 Å². The second-order valence-corrected chi connectivity index (χ2v) is 9.97. The molecule has 0 aromatic heterocycles. The van der Waals surface area contributed by atoms with E-state index >= 15 is 0 Å². The van der Waals surface area contributed by atoms with Crippen molar-refractivity contribution in [2.45, 2.75) is 154 Å². The molecule has 0 saturated carbocycles. The number of unbranched alkanes of at least 4 members (excludes halogenated alkanes) is 14. The lowest BCUT2D eigenvalue weighted by Gasteiger charge is -2.23. The van der Waals surface area contributed by atoms with Gasteiger partial charge in [0.05, 0.1) is 18.8 Å². The van der Waals surface area contributed by atoms with E-state index in [0.29, 0.717) is 6.42 Å². The third kappa shape index (κ3) is 21.8. The minimum absolute atomic E-state index is 0.226. The van der Waals surface area contributed by atoms with Crippen LogP contribution in [0.25, 0.3) is 0 Å². The highest BCUT2D eigenvalue weighted by atomic mass is 16.3. The number of allylic oxidation sites excluding steroid dienone is 3. The molecule has 0 heterocycles. The zero-order valence-electron chi connectivity index (χ0n) is 22.9. The van der Waals surface area contributed by atoms with Crippen LogP contribution in [0.2, 0.25) is 0 Å². The van der Waals surface area contributed by atoms with Crippen molar-refractivity contribution in [3.8, 4) is 0 Å². The van der Waals surface area contributed by atoms with E-state index in [9.17, 15) is 20.1 Å². The molecule has 5 nitrogen and oxygen atoms in total. The first-order valence-corrected chi connectivity index (χ1v) is 14.6. The van der Waals surface area contributed by atoms with Crippen LogP contribution in [0.5, 0.6) is 0 Å². The van der Waals surface area contributed by atoms with Crippen molar-refractivity contribution in [1.29, 1.82) is 0 Å². The molecule has 0 aromatic rings. The third-order valence-corrected chi connectivity index (χ3v) is 6.58. The summed E-state index contributed by atoms with van der Waals surface area (Å²) in [5, 5.41) is 32.6. The first-order valence-electron chi connectivity index (χ1n) is 14.6. The van der Waals surface area contributed by atoms with Crippen molar-refractivity contribution in [2.24, 2.45) is 0 Å². The summed E-state index contributed by atoms with van der Waals surface area (Å²) in [7, 11) is 0. The smallest absolute Gasteiger partial charge is 0.249 e. The Bertz CT molecular complexity index is 520. The van der Waals surface area contributed by atoms with Gasteiger partial charge in [-0.15, -0.1) is 0 Å². The number of aliphatic hydroxyl groups excluding tert-OH is 3. The normalized spacial score (nSPS) is 14.5. The van der Waals surface area contributed by atoms with Crippen molar-refractivity contribution in [1.82, 2.24) is 5.32 Å². The van der Waals surface area contributed by atoms with Gasteiger partial charge < -0.3 is 20.6 Å². The first-order chi connectivity index (χ1) is 17.1. The molecule has 0 fully saturated rings. The molecule has 0 aliphatic heterocycles. The quantitative estimate of drug-likeness (QED) is 0.0833. The zero-order valence-corrected chi connectivity index (χ0v) is 22.9. The molecular weight excluding hydrogens is 438 g/mol. The van der Waals surface area contributed by atoms with Crippen LogP contribution in [0.4, 0.5) is 0 Å². The lowest BCUT2D eigenvalue weighted by molar-refractivity contribution is -0.131. The maximum atomic E-state index is 12.2. The number of amides is 1. The SMILES string of the molecule is CCCCCCCC/C=C\C/C=C\CC(O)C(=O)NC(CO)C(O)CCCCCCCCCCC. The van der Waals surface area contributed by atoms with Crippen LogP contribution < -0.4 is 5.32 Å². The Kier molecular flexibility index (Phi) is 25.0. The van der Waals surface area contributed by atoms with Gasteiger partial charge in [0.2, 0.25) is 5.91 Å². The van der Waals surface area contributed by atoms with Crippen LogP contribution in [0.3, 0.4) is 0 Å². The van der Waals surface area contributed by atoms with Gasteiger partial charge in [-0.3, -0.25) is 4.79 Å². The van der Waals surface area contributed by atoms with Crippen LogP contribution in [0, 0.1) is 0 Å². The Hall–Kier alpha value is -1.17. The first kappa shape index (κ1) is 33.8. The van der Waals surface area contributed by atoms with Crippen LogP contribution >= 0.6 is 0 Å². The molecule has 0 rings (SSSR count). The fraction of sp³-hybridized carbons (Fsp3) is 0.833. The van der Waals surface area contributed by atoms with E-state index in [-0.39, 0.29) is 13.0 Å². The van der Waals surface area contributed by atoms with Gasteiger partial charge in [0.25, 0.3) is 0 Å². The zero-order chi connectivity index (χ0) is 26.0. The van der Waals surface area contributed by atoms with Crippen molar-refractivity contribution in [2.75, 3.05) is 6.61 Å². The second kappa shape index (κ2) is 25.9. The number of carbonyl (C=O) groups is 1. The monoisotopic (exact) mass is 495 g/mol. The molecule has 3 atom stereocenters. The second-order valence-electron chi connectivity index (χ2n) is 9.97. The molecule has 5 heteroatoms. The Morgan fingerprint density at radius 2 is 1.23 bits per heavy atom. The van der Waals surface area contributed by atoms with Gasteiger partial charge in [-0.1, -0.05) is 128 Å². The van der Waals surface area contributed by atoms with E-state index < -0.39 is 24.2 Å². The summed E-state index contributed by atoms with van der Waals surface area (Å²) >= 11 is 0. The van der Waals surface area contributed by atoms with Gasteiger partial charge in [-0.05, 0) is 25.7 Å². The van der Waals surface area contributed by atoms with Gasteiger partial charge >= 0.3 is 0 Å². The maximum absolute atomic E-state index is 12.2. The van der Waals surface area contributed by atoms with Crippen LogP contribution in [-0.2, 0) is 4.79 Å². The van der Waals surface area contributed by atoms with Crippen molar-refractivity contribution in [3.63, 3.8) is 0 Å². The fourth-order valence-electron chi connectivity index (χ4n) is 4.17. The van der Waals surface area contributed by atoms with Crippen LogP contribution in [0.1, 0.15) is 136 Å². The van der Waals surface area contributed by atoms with Crippen molar-refractivity contribution < 1.29 is 20.1 Å². The number of aliphatic hydroxyl groups is 3. The minimum Gasteiger partial charge on any atom is -0.394 e. The van der Waals surface area contributed by atoms with E-state index in [1.165, 1.54) is 77.0 Å². The Balaban J connectivity index is 3.91. The highest BCUT2D eigenvalue weighted by Crippen LogP contribution is 2.13. The van der Waals surface area contributed by atoms with Gasteiger partial charge in [0, 0.05) is 6.42 Å². The molecule has 0 saturated heterocycles. The predicted molar refractivity (Wildman–Crippen MR) is 148 cm³/mol. The predicted octanol–water partition coefficient (Wildman–Crippen LogP) is 6.75. The van der Waals surface area contributed by atoms with E-state index in [2.05, 4.69) is 31.3 Å². The average molecular weight is 496 g/mol. The molecule has 0 aliphatic carbocycles. The summed E-state index contributed by atoms with van der Waals surface area (Å²) in [5.74, 6) is -0.543. The lowest BCUT2D eigenvalue weighted by atomic mass is 10.0. The molecular formula is C30H57NO4. The van der Waals surface area contributed by atoms with Gasteiger partial charge in [0.1, 0.15) is 6.10 Å². The average Bonchev–Trinajstić information content (AvgIpc) is 2.86. The van der Waals surface area contributed by atoms with Crippen LogP contribution in [0.15, 0.2) is 24.3 Å². The minimum atomic E-state index is -1.17. The highest BCUT2D eigenvalue weighted by Gasteiger charge is 2.23. The molecule has 3 unspecified atom stereocenters. The molecule has 0 aliphatic rings. The van der Waals surface area contributed by atoms with E-state index in [4.69, 9.17) is 0 Å². The number of carbonyl (C=O) groups excluding carboxylic acids is 1. The lowest BCUT2D eigenvalue weighted by Crippen LogP contribution is -2.49. The highest BCUT2D eigenvalue weighted by molar-refractivity contribution is 5.81. The van der Waals surface area contributed by atoms with Crippen molar-refractivity contribution in [3.05, 3.63) is 24.3 Å². The molecule has 0 aromatic carbocycles. The molecule has 4 N–H and O–H groups in total. The molecule has 0 radical (unpaired) electrons. The van der Waals surface area contributed by atoms with E-state index in [0.717, 1.165) is 32.1 Å².